The second kappa shape index (κ2) is 4.45. The molecule has 1 heterocycles. The van der Waals surface area contributed by atoms with E-state index >= 15 is 0 Å². The number of benzene rings is 1. The van der Waals surface area contributed by atoms with E-state index in [2.05, 4.69) is 5.43 Å². The van der Waals surface area contributed by atoms with E-state index in [1.807, 2.05) is 12.1 Å². The van der Waals surface area contributed by atoms with Gasteiger partial charge in [0.05, 0.1) is 10.1 Å². The van der Waals surface area contributed by atoms with Crippen molar-refractivity contribution in [3.05, 3.63) is 34.6 Å². The average molecular weight is 266 g/mol. The molecule has 0 saturated carbocycles. The van der Waals surface area contributed by atoms with Crippen LogP contribution >= 0.6 is 11.5 Å². The lowest BCUT2D eigenvalue weighted by atomic mass is 10.2. The van der Waals surface area contributed by atoms with Crippen molar-refractivity contribution in [2.24, 2.45) is 0 Å². The number of amides is 1. The monoisotopic (exact) mass is 266 g/mol. The molecule has 0 fully saturated rings. The zero-order valence-corrected chi connectivity index (χ0v) is 11.2. The van der Waals surface area contributed by atoms with Gasteiger partial charge in [-0.1, -0.05) is 12.1 Å². The van der Waals surface area contributed by atoms with Crippen molar-refractivity contribution in [3.8, 4) is 0 Å². The van der Waals surface area contributed by atoms with Crippen LogP contribution in [0.1, 0.15) is 20.8 Å². The third kappa shape index (κ3) is 2.70. The van der Waals surface area contributed by atoms with Gasteiger partial charge in [-0.2, -0.15) is 4.07 Å². The van der Waals surface area contributed by atoms with E-state index in [0.29, 0.717) is 5.39 Å². The van der Waals surface area contributed by atoms with Crippen molar-refractivity contribution in [3.63, 3.8) is 0 Å². The maximum absolute atomic E-state index is 11.9. The van der Waals surface area contributed by atoms with Gasteiger partial charge in [-0.05, 0) is 44.4 Å². The molecule has 0 atom stereocenters. The van der Waals surface area contributed by atoms with Crippen LogP contribution in [-0.4, -0.2) is 15.8 Å². The molecule has 1 N–H and O–H groups in total. The highest BCUT2D eigenvalue weighted by molar-refractivity contribution is 7.14. The summed E-state index contributed by atoms with van der Waals surface area (Å²) in [7, 11) is 0. The van der Waals surface area contributed by atoms with Crippen LogP contribution in [0.25, 0.3) is 10.1 Å². The number of hydrogen-bond donors (Lipinski definition) is 1. The summed E-state index contributed by atoms with van der Waals surface area (Å²) in [6, 6.07) is 7.18. The second-order valence-corrected chi connectivity index (χ2v) is 5.79. The van der Waals surface area contributed by atoms with Crippen molar-refractivity contribution in [1.82, 2.24) is 4.07 Å². The summed E-state index contributed by atoms with van der Waals surface area (Å²) in [6.07, 6.45) is -0.642. The SMILES string of the molecule is CC(C)(C)OC(=O)Nn1sc2ccccc2c1=O. The predicted molar refractivity (Wildman–Crippen MR) is 71.7 cm³/mol. The van der Waals surface area contributed by atoms with Gasteiger partial charge in [0.15, 0.2) is 0 Å². The third-order valence-electron chi connectivity index (χ3n) is 2.08. The number of hydrogen-bond acceptors (Lipinski definition) is 4. The standard InChI is InChI=1S/C12H14N2O3S/c1-12(2,3)17-11(16)13-14-10(15)8-6-4-5-7-9(8)18-14/h4-7H,1-3H3,(H,13,16). The number of nitrogens with zero attached hydrogens (tertiary/aromatic N) is 1. The zero-order valence-electron chi connectivity index (χ0n) is 10.4. The Balaban J connectivity index is 2.25. The number of nitrogens with one attached hydrogen (secondary N) is 1. The first-order valence-corrected chi connectivity index (χ1v) is 6.25. The Hall–Kier alpha value is -1.82. The molecule has 96 valence electrons. The number of fused-ring (bicyclic) bond motifs is 1. The maximum Gasteiger partial charge on any atom is 0.427 e. The average Bonchev–Trinajstić information content (AvgIpc) is 2.54. The Morgan fingerprint density at radius 2 is 2.00 bits per heavy atom. The van der Waals surface area contributed by atoms with Crippen molar-refractivity contribution in [2.45, 2.75) is 26.4 Å². The molecule has 5 nitrogen and oxygen atoms in total. The number of rotatable bonds is 1. The number of aromatic nitrogens is 1. The third-order valence-corrected chi connectivity index (χ3v) is 3.08. The van der Waals surface area contributed by atoms with Gasteiger partial charge in [0, 0.05) is 0 Å². The first-order valence-electron chi connectivity index (χ1n) is 5.48. The molecule has 0 radical (unpaired) electrons. The molecule has 1 aromatic carbocycles. The highest BCUT2D eigenvalue weighted by Crippen LogP contribution is 2.15. The van der Waals surface area contributed by atoms with Crippen molar-refractivity contribution in [1.29, 1.82) is 0 Å². The Morgan fingerprint density at radius 1 is 1.33 bits per heavy atom. The van der Waals surface area contributed by atoms with Crippen molar-refractivity contribution >= 4 is 27.7 Å². The van der Waals surface area contributed by atoms with Gasteiger partial charge in [0.2, 0.25) is 0 Å². The van der Waals surface area contributed by atoms with Crippen molar-refractivity contribution in [2.75, 3.05) is 5.43 Å². The molecule has 18 heavy (non-hydrogen) atoms. The topological polar surface area (TPSA) is 60.3 Å². The Bertz CT molecular complexity index is 637. The molecule has 6 heteroatoms. The van der Waals surface area contributed by atoms with Crippen LogP contribution in [0.4, 0.5) is 4.79 Å². The van der Waals surface area contributed by atoms with Crippen LogP contribution in [0.2, 0.25) is 0 Å². The predicted octanol–water partition coefficient (Wildman–Crippen LogP) is 2.54. The molecule has 1 aromatic heterocycles. The van der Waals surface area contributed by atoms with Crippen LogP contribution < -0.4 is 11.0 Å². The lowest BCUT2D eigenvalue weighted by molar-refractivity contribution is 0.0615. The zero-order chi connectivity index (χ0) is 13.3. The lowest BCUT2D eigenvalue weighted by Crippen LogP contribution is -2.34. The molecule has 0 aliphatic rings. The summed E-state index contributed by atoms with van der Waals surface area (Å²) in [5, 5.41) is 0.582. The van der Waals surface area contributed by atoms with Gasteiger partial charge in [0.1, 0.15) is 5.60 Å². The van der Waals surface area contributed by atoms with E-state index in [4.69, 9.17) is 4.74 Å². The largest absolute Gasteiger partial charge is 0.443 e. The summed E-state index contributed by atoms with van der Waals surface area (Å²) >= 11 is 1.17. The van der Waals surface area contributed by atoms with Gasteiger partial charge in [-0.15, -0.1) is 0 Å². The molecule has 0 aliphatic carbocycles. The van der Waals surface area contributed by atoms with Crippen LogP contribution in [0.15, 0.2) is 29.1 Å². The lowest BCUT2D eigenvalue weighted by Gasteiger charge is -2.19. The van der Waals surface area contributed by atoms with E-state index in [1.165, 1.54) is 15.6 Å². The second-order valence-electron chi connectivity index (χ2n) is 4.80. The minimum Gasteiger partial charge on any atom is -0.443 e. The fourth-order valence-corrected chi connectivity index (χ4v) is 2.32. The fourth-order valence-electron chi connectivity index (χ4n) is 1.43. The molecule has 1 amide bonds. The molecule has 2 rings (SSSR count). The fraction of sp³-hybridized carbons (Fsp3) is 0.333. The van der Waals surface area contributed by atoms with E-state index in [0.717, 1.165) is 4.70 Å². The molecule has 0 unspecified atom stereocenters. The summed E-state index contributed by atoms with van der Waals surface area (Å²) in [5.41, 5.74) is 1.58. The minimum absolute atomic E-state index is 0.249. The summed E-state index contributed by atoms with van der Waals surface area (Å²) in [6.45, 7) is 5.29. The highest BCUT2D eigenvalue weighted by Gasteiger charge is 2.17. The summed E-state index contributed by atoms with van der Waals surface area (Å²) < 4.78 is 7.09. The Morgan fingerprint density at radius 3 is 2.61 bits per heavy atom. The molecule has 0 aliphatic heterocycles. The smallest absolute Gasteiger partial charge is 0.427 e. The van der Waals surface area contributed by atoms with Crippen molar-refractivity contribution < 1.29 is 9.53 Å². The summed E-state index contributed by atoms with van der Waals surface area (Å²) in [4.78, 5) is 23.5. The molecule has 0 bridgehead atoms. The van der Waals surface area contributed by atoms with Gasteiger partial charge in [0.25, 0.3) is 5.56 Å². The Labute approximate surface area is 108 Å². The minimum atomic E-state index is -0.642. The number of ether oxygens (including phenoxy) is 1. The van der Waals surface area contributed by atoms with Crippen LogP contribution in [0, 0.1) is 0 Å². The van der Waals surface area contributed by atoms with Gasteiger partial charge in [-0.3, -0.25) is 4.79 Å². The van der Waals surface area contributed by atoms with Gasteiger partial charge >= 0.3 is 6.09 Å². The maximum atomic E-state index is 11.9. The van der Waals surface area contributed by atoms with E-state index in [1.54, 1.807) is 32.9 Å². The first kappa shape index (κ1) is 12.6. The molecule has 0 spiro atoms. The first-order chi connectivity index (χ1) is 8.37. The van der Waals surface area contributed by atoms with E-state index < -0.39 is 11.7 Å². The molecular weight excluding hydrogens is 252 g/mol. The summed E-state index contributed by atoms with van der Waals surface area (Å²) in [5.74, 6) is 0. The number of carbonyl (C=O) groups is 1. The molecule has 0 saturated heterocycles. The molecular formula is C12H14N2O3S. The van der Waals surface area contributed by atoms with Gasteiger partial charge in [-0.25, -0.2) is 10.2 Å². The highest BCUT2D eigenvalue weighted by atomic mass is 32.1. The van der Waals surface area contributed by atoms with Crippen LogP contribution in [-0.2, 0) is 4.74 Å². The van der Waals surface area contributed by atoms with Crippen LogP contribution in [0.3, 0.4) is 0 Å². The molecule has 2 aromatic rings. The normalized spacial score (nSPS) is 11.5. The Kier molecular flexibility index (Phi) is 3.13. The van der Waals surface area contributed by atoms with Gasteiger partial charge < -0.3 is 4.74 Å². The van der Waals surface area contributed by atoms with E-state index in [9.17, 15) is 9.59 Å². The van der Waals surface area contributed by atoms with Crippen LogP contribution in [0.5, 0.6) is 0 Å². The number of carbonyl (C=O) groups excluding carboxylic acids is 1. The quantitative estimate of drug-likeness (QED) is 0.862. The van der Waals surface area contributed by atoms with E-state index in [-0.39, 0.29) is 5.56 Å².